The Morgan fingerprint density at radius 3 is 2.43 bits per heavy atom. The summed E-state index contributed by atoms with van der Waals surface area (Å²) in [5.41, 5.74) is 2.32. The van der Waals surface area contributed by atoms with Crippen molar-refractivity contribution in [3.05, 3.63) is 59.7 Å². The van der Waals surface area contributed by atoms with Gasteiger partial charge in [0.1, 0.15) is 0 Å². The van der Waals surface area contributed by atoms with E-state index >= 15 is 0 Å². The third kappa shape index (κ3) is 4.18. The molecule has 0 amide bonds. The van der Waals surface area contributed by atoms with Crippen molar-refractivity contribution in [1.29, 1.82) is 0 Å². The quantitative estimate of drug-likeness (QED) is 0.826. The summed E-state index contributed by atoms with van der Waals surface area (Å²) >= 11 is 0. The van der Waals surface area contributed by atoms with Crippen LogP contribution in [0, 0.1) is 6.92 Å². The molecule has 6 heteroatoms. The Bertz CT molecular complexity index is 814. The zero-order valence-corrected chi connectivity index (χ0v) is 14.2. The fourth-order valence-corrected chi connectivity index (χ4v) is 3.03. The van der Waals surface area contributed by atoms with Gasteiger partial charge in [0.25, 0.3) is 0 Å². The lowest BCUT2D eigenvalue weighted by Gasteiger charge is -2.12. The highest BCUT2D eigenvalue weighted by Crippen LogP contribution is 2.16. The Labute approximate surface area is 137 Å². The molecule has 0 aliphatic carbocycles. The van der Waals surface area contributed by atoms with Gasteiger partial charge in [0.05, 0.1) is 11.4 Å². The van der Waals surface area contributed by atoms with Crippen molar-refractivity contribution < 1.29 is 13.2 Å². The van der Waals surface area contributed by atoms with Gasteiger partial charge in [0, 0.05) is 25.3 Å². The van der Waals surface area contributed by atoms with E-state index in [2.05, 4.69) is 5.32 Å². The smallest absolute Gasteiger partial charge is 0.242 e. The van der Waals surface area contributed by atoms with Gasteiger partial charge in [-0.2, -0.15) is 0 Å². The van der Waals surface area contributed by atoms with Crippen molar-refractivity contribution in [3.8, 4) is 0 Å². The second kappa shape index (κ2) is 6.93. The lowest BCUT2D eigenvalue weighted by molar-refractivity contribution is 0.101. The van der Waals surface area contributed by atoms with Crippen molar-refractivity contribution in [3.63, 3.8) is 0 Å². The number of hydrogen-bond donors (Lipinski definition) is 1. The number of Topliss-reactive ketones (excluding diaryl/α,β-unsaturated/α-hetero) is 1. The van der Waals surface area contributed by atoms with E-state index in [0.29, 0.717) is 5.56 Å². The van der Waals surface area contributed by atoms with Gasteiger partial charge >= 0.3 is 0 Å². The van der Waals surface area contributed by atoms with Crippen LogP contribution in [0.25, 0.3) is 0 Å². The van der Waals surface area contributed by atoms with Crippen LogP contribution in [0.3, 0.4) is 0 Å². The van der Waals surface area contributed by atoms with Gasteiger partial charge < -0.3 is 5.32 Å². The van der Waals surface area contributed by atoms with E-state index in [0.717, 1.165) is 15.6 Å². The molecule has 23 heavy (non-hydrogen) atoms. The van der Waals surface area contributed by atoms with Crippen LogP contribution < -0.4 is 5.32 Å². The number of aryl methyl sites for hydroxylation is 1. The Hall–Kier alpha value is -2.18. The molecule has 0 spiro atoms. The molecule has 0 unspecified atom stereocenters. The highest BCUT2D eigenvalue weighted by molar-refractivity contribution is 7.89. The van der Waals surface area contributed by atoms with Crippen molar-refractivity contribution in [2.75, 3.05) is 26.0 Å². The largest absolute Gasteiger partial charge is 0.378 e. The topological polar surface area (TPSA) is 66.5 Å². The first-order chi connectivity index (χ1) is 10.8. The number of hydrogen-bond acceptors (Lipinski definition) is 4. The zero-order valence-electron chi connectivity index (χ0n) is 13.4. The summed E-state index contributed by atoms with van der Waals surface area (Å²) in [7, 11) is -0.622. The number of nitrogens with one attached hydrogen (secondary N) is 1. The van der Waals surface area contributed by atoms with Gasteiger partial charge in [0.15, 0.2) is 5.78 Å². The van der Waals surface area contributed by atoms with Crippen molar-refractivity contribution in [2.24, 2.45) is 0 Å². The molecular formula is C17H20N2O3S. The van der Waals surface area contributed by atoms with Crippen molar-refractivity contribution in [1.82, 2.24) is 4.31 Å². The van der Waals surface area contributed by atoms with Crippen LogP contribution in [-0.2, 0) is 10.0 Å². The van der Waals surface area contributed by atoms with E-state index in [9.17, 15) is 13.2 Å². The van der Waals surface area contributed by atoms with Crippen LogP contribution in [0.15, 0.2) is 53.4 Å². The molecule has 0 heterocycles. The maximum Gasteiger partial charge on any atom is 0.242 e. The average molecular weight is 332 g/mol. The number of benzene rings is 2. The third-order valence-electron chi connectivity index (χ3n) is 3.41. The van der Waals surface area contributed by atoms with Crippen LogP contribution in [0.4, 0.5) is 5.69 Å². The molecule has 5 nitrogen and oxygen atoms in total. The minimum absolute atomic E-state index is 0.106. The number of ketones is 1. The molecule has 0 aliphatic rings. The van der Waals surface area contributed by atoms with Crippen molar-refractivity contribution >= 4 is 21.5 Å². The fraction of sp³-hybridized carbons (Fsp3) is 0.235. The van der Waals surface area contributed by atoms with Crippen LogP contribution in [0.1, 0.15) is 15.9 Å². The summed E-state index contributed by atoms with van der Waals surface area (Å²) in [6, 6.07) is 13.8. The number of carbonyl (C=O) groups is 1. The number of anilines is 1. The molecule has 0 bridgehead atoms. The van der Waals surface area contributed by atoms with Gasteiger partial charge in [0.2, 0.25) is 10.0 Å². The van der Waals surface area contributed by atoms with E-state index in [4.69, 9.17) is 0 Å². The SMILES string of the molecule is Cc1cccc(NCC(=O)c2cccc(S(=O)(=O)N(C)C)c2)c1. The lowest BCUT2D eigenvalue weighted by Crippen LogP contribution is -2.22. The molecule has 2 aromatic rings. The number of rotatable bonds is 6. The Kier molecular flexibility index (Phi) is 5.18. The highest BCUT2D eigenvalue weighted by Gasteiger charge is 2.18. The van der Waals surface area contributed by atoms with E-state index in [1.807, 2.05) is 31.2 Å². The first-order valence-corrected chi connectivity index (χ1v) is 8.61. The summed E-state index contributed by atoms with van der Waals surface area (Å²) < 4.78 is 25.4. The van der Waals surface area contributed by atoms with Gasteiger partial charge in [-0.25, -0.2) is 12.7 Å². The Morgan fingerprint density at radius 2 is 1.78 bits per heavy atom. The second-order valence-corrected chi connectivity index (χ2v) is 7.61. The van der Waals surface area contributed by atoms with E-state index in [1.54, 1.807) is 12.1 Å². The molecular weight excluding hydrogens is 312 g/mol. The minimum Gasteiger partial charge on any atom is -0.378 e. The van der Waals surface area contributed by atoms with Crippen LogP contribution in [0.2, 0.25) is 0 Å². The molecule has 2 rings (SSSR count). The maximum absolute atomic E-state index is 12.3. The predicted molar refractivity (Wildman–Crippen MR) is 91.3 cm³/mol. The fourth-order valence-electron chi connectivity index (χ4n) is 2.08. The summed E-state index contributed by atoms with van der Waals surface area (Å²) in [5, 5.41) is 3.06. The van der Waals surface area contributed by atoms with Crippen LogP contribution in [-0.4, -0.2) is 39.1 Å². The predicted octanol–water partition coefficient (Wildman–Crippen LogP) is 2.54. The Balaban J connectivity index is 2.14. The number of nitrogens with zero attached hydrogens (tertiary/aromatic N) is 1. The molecule has 0 radical (unpaired) electrons. The molecule has 0 aromatic heterocycles. The second-order valence-electron chi connectivity index (χ2n) is 5.46. The zero-order chi connectivity index (χ0) is 17.0. The molecule has 0 atom stereocenters. The normalized spacial score (nSPS) is 11.5. The van der Waals surface area contributed by atoms with Gasteiger partial charge in [-0.1, -0.05) is 24.3 Å². The first kappa shape index (κ1) is 17.2. The monoisotopic (exact) mass is 332 g/mol. The minimum atomic E-state index is -3.54. The molecule has 0 saturated heterocycles. The third-order valence-corrected chi connectivity index (χ3v) is 5.22. The highest BCUT2D eigenvalue weighted by atomic mass is 32.2. The van der Waals surface area contributed by atoms with Crippen LogP contribution in [0.5, 0.6) is 0 Å². The summed E-state index contributed by atoms with van der Waals surface area (Å²) in [6.45, 7) is 2.08. The summed E-state index contributed by atoms with van der Waals surface area (Å²) in [4.78, 5) is 12.4. The molecule has 0 aliphatic heterocycles. The molecule has 2 aromatic carbocycles. The summed E-state index contributed by atoms with van der Waals surface area (Å²) in [6.07, 6.45) is 0. The van der Waals surface area contributed by atoms with Gasteiger partial charge in [-0.15, -0.1) is 0 Å². The molecule has 0 saturated carbocycles. The molecule has 0 fully saturated rings. The number of carbonyl (C=O) groups excluding carboxylic acids is 1. The van der Waals surface area contributed by atoms with Crippen molar-refractivity contribution in [2.45, 2.75) is 11.8 Å². The molecule has 1 N–H and O–H groups in total. The van der Waals surface area contributed by atoms with E-state index in [1.165, 1.54) is 26.2 Å². The maximum atomic E-state index is 12.3. The molecule has 122 valence electrons. The summed E-state index contributed by atoms with van der Waals surface area (Å²) in [5.74, 6) is -0.165. The average Bonchev–Trinajstić information content (AvgIpc) is 2.52. The van der Waals surface area contributed by atoms with E-state index < -0.39 is 10.0 Å². The first-order valence-electron chi connectivity index (χ1n) is 7.17. The van der Waals surface area contributed by atoms with Crippen LogP contribution >= 0.6 is 0 Å². The lowest BCUT2D eigenvalue weighted by atomic mass is 10.1. The standard InChI is InChI=1S/C17H20N2O3S/c1-13-6-4-8-15(10-13)18-12-17(20)14-7-5-9-16(11-14)23(21,22)19(2)3/h4-11,18H,12H2,1-3H3. The van der Waals surface area contributed by atoms with Gasteiger partial charge in [-0.3, -0.25) is 4.79 Å². The number of sulfonamides is 1. The van der Waals surface area contributed by atoms with E-state index in [-0.39, 0.29) is 17.2 Å². The Morgan fingerprint density at radius 1 is 1.09 bits per heavy atom. The van der Waals surface area contributed by atoms with Gasteiger partial charge in [-0.05, 0) is 36.8 Å².